The molecule has 0 aliphatic rings. The molecule has 0 N–H and O–H groups in total. The van der Waals surface area contributed by atoms with Crippen molar-refractivity contribution in [2.75, 3.05) is 5.75 Å². The summed E-state index contributed by atoms with van der Waals surface area (Å²) in [5.74, 6) is 0.812. The van der Waals surface area contributed by atoms with Gasteiger partial charge in [-0.3, -0.25) is 9.36 Å². The summed E-state index contributed by atoms with van der Waals surface area (Å²) < 4.78 is 1.58. The number of hydrogen-bond donors (Lipinski definition) is 0. The van der Waals surface area contributed by atoms with Gasteiger partial charge in [0, 0.05) is 0 Å². The van der Waals surface area contributed by atoms with E-state index in [1.54, 1.807) is 28.8 Å². The minimum absolute atomic E-state index is 0.111. The van der Waals surface area contributed by atoms with Crippen LogP contribution in [0.25, 0.3) is 16.6 Å². The third-order valence-electron chi connectivity index (χ3n) is 3.18. The molecule has 2 aromatic carbocycles. The van der Waals surface area contributed by atoms with E-state index in [2.05, 4.69) is 4.98 Å². The second kappa shape index (κ2) is 6.32. The number of rotatable bonds is 3. The molecule has 0 unspecified atom stereocenters. The molecule has 22 heavy (non-hydrogen) atoms. The van der Waals surface area contributed by atoms with Gasteiger partial charge in [0.2, 0.25) is 0 Å². The Morgan fingerprint density at radius 2 is 1.91 bits per heavy atom. The summed E-state index contributed by atoms with van der Waals surface area (Å²) in [6.07, 6.45) is 0. The average molecular weight is 351 g/mol. The van der Waals surface area contributed by atoms with Crippen LogP contribution in [0, 0.1) is 0 Å². The Balaban J connectivity index is 2.35. The molecule has 0 fully saturated rings. The molecule has 3 nitrogen and oxygen atoms in total. The van der Waals surface area contributed by atoms with Crippen molar-refractivity contribution in [2.24, 2.45) is 0 Å². The van der Waals surface area contributed by atoms with E-state index < -0.39 is 0 Å². The maximum atomic E-state index is 12.9. The van der Waals surface area contributed by atoms with Crippen LogP contribution in [-0.4, -0.2) is 15.3 Å². The lowest BCUT2D eigenvalue weighted by atomic mass is 10.2. The van der Waals surface area contributed by atoms with Crippen molar-refractivity contribution < 1.29 is 0 Å². The molecule has 0 aliphatic heterocycles. The minimum atomic E-state index is -0.111. The number of thioether (sulfide) groups is 1. The zero-order chi connectivity index (χ0) is 15.7. The van der Waals surface area contributed by atoms with Gasteiger partial charge in [-0.2, -0.15) is 0 Å². The molecule has 0 saturated carbocycles. The van der Waals surface area contributed by atoms with Crippen LogP contribution in [0.4, 0.5) is 0 Å². The van der Waals surface area contributed by atoms with E-state index in [9.17, 15) is 4.79 Å². The summed E-state index contributed by atoms with van der Waals surface area (Å²) in [6, 6.07) is 12.5. The van der Waals surface area contributed by atoms with Crippen LogP contribution in [0.1, 0.15) is 6.92 Å². The molecule has 3 aromatic rings. The van der Waals surface area contributed by atoms with E-state index in [1.807, 2.05) is 25.1 Å². The molecule has 112 valence electrons. The average Bonchev–Trinajstić information content (AvgIpc) is 2.51. The van der Waals surface area contributed by atoms with Crippen molar-refractivity contribution in [1.29, 1.82) is 0 Å². The van der Waals surface area contributed by atoms with Gasteiger partial charge in [0.15, 0.2) is 5.16 Å². The number of aromatic nitrogens is 2. The molecule has 0 amide bonds. The summed E-state index contributed by atoms with van der Waals surface area (Å²) in [4.78, 5) is 17.5. The third kappa shape index (κ3) is 2.74. The maximum Gasteiger partial charge on any atom is 0.266 e. The number of benzene rings is 2. The highest BCUT2D eigenvalue weighted by Gasteiger charge is 2.13. The monoisotopic (exact) mass is 350 g/mol. The Morgan fingerprint density at radius 1 is 1.14 bits per heavy atom. The number of fused-ring (bicyclic) bond motifs is 1. The zero-order valence-electron chi connectivity index (χ0n) is 11.7. The van der Waals surface area contributed by atoms with Gasteiger partial charge in [0.25, 0.3) is 5.56 Å². The third-order valence-corrected chi connectivity index (χ3v) is 4.74. The second-order valence-corrected chi connectivity index (χ2v) is 6.63. The lowest BCUT2D eigenvalue weighted by Crippen LogP contribution is -2.21. The molecule has 0 bridgehead atoms. The van der Waals surface area contributed by atoms with Crippen LogP contribution in [0.3, 0.4) is 0 Å². The molecule has 6 heteroatoms. The van der Waals surface area contributed by atoms with Crippen molar-refractivity contribution in [2.45, 2.75) is 12.1 Å². The van der Waals surface area contributed by atoms with Crippen LogP contribution >= 0.6 is 35.0 Å². The van der Waals surface area contributed by atoms with Crippen molar-refractivity contribution >= 4 is 45.9 Å². The Bertz CT molecular complexity index is 908. The SMILES string of the molecule is CCSc1nc2ccccc2c(=O)n1-c1ccc(Cl)c(Cl)c1. The molecular weight excluding hydrogens is 339 g/mol. The van der Waals surface area contributed by atoms with Crippen molar-refractivity contribution in [3.05, 3.63) is 62.9 Å². The first-order chi connectivity index (χ1) is 10.6. The van der Waals surface area contributed by atoms with Gasteiger partial charge in [0.1, 0.15) is 0 Å². The fraction of sp³-hybridized carbons (Fsp3) is 0.125. The zero-order valence-corrected chi connectivity index (χ0v) is 14.0. The minimum Gasteiger partial charge on any atom is -0.268 e. The van der Waals surface area contributed by atoms with Crippen LogP contribution in [0.5, 0.6) is 0 Å². The largest absolute Gasteiger partial charge is 0.268 e. The van der Waals surface area contributed by atoms with E-state index >= 15 is 0 Å². The standard InChI is InChI=1S/C16H12Cl2N2OS/c1-2-22-16-19-14-6-4-3-5-11(14)15(21)20(16)10-7-8-12(17)13(18)9-10/h3-9H,2H2,1H3. The van der Waals surface area contributed by atoms with Crippen LogP contribution < -0.4 is 5.56 Å². The molecule has 0 aliphatic carbocycles. The number of hydrogen-bond acceptors (Lipinski definition) is 3. The number of halogens is 2. The smallest absolute Gasteiger partial charge is 0.266 e. The summed E-state index contributed by atoms with van der Waals surface area (Å²) in [5, 5.41) is 2.09. The lowest BCUT2D eigenvalue weighted by molar-refractivity contribution is 0.820. The fourth-order valence-corrected chi connectivity index (χ4v) is 3.22. The Kier molecular flexibility index (Phi) is 4.43. The molecule has 1 aromatic heterocycles. The van der Waals surface area contributed by atoms with Gasteiger partial charge in [-0.05, 0) is 36.1 Å². The first kappa shape index (κ1) is 15.4. The van der Waals surface area contributed by atoms with Gasteiger partial charge >= 0.3 is 0 Å². The maximum absolute atomic E-state index is 12.9. The summed E-state index contributed by atoms with van der Waals surface area (Å²) in [6.45, 7) is 2.02. The topological polar surface area (TPSA) is 34.9 Å². The molecule has 3 rings (SSSR count). The molecule has 1 heterocycles. The van der Waals surface area contributed by atoms with E-state index in [0.29, 0.717) is 31.8 Å². The lowest BCUT2D eigenvalue weighted by Gasteiger charge is -2.13. The van der Waals surface area contributed by atoms with Crippen LogP contribution in [-0.2, 0) is 0 Å². The number of nitrogens with zero attached hydrogens (tertiary/aromatic N) is 2. The quantitative estimate of drug-likeness (QED) is 0.502. The Labute approximate surface area is 141 Å². The van der Waals surface area contributed by atoms with Crippen LogP contribution in [0.15, 0.2) is 52.4 Å². The number of para-hydroxylation sites is 1. The second-order valence-electron chi connectivity index (χ2n) is 4.58. The summed E-state index contributed by atoms with van der Waals surface area (Å²) >= 11 is 13.6. The molecule has 0 saturated heterocycles. The fourth-order valence-electron chi connectivity index (χ4n) is 2.19. The normalized spacial score (nSPS) is 11.0. The van der Waals surface area contributed by atoms with Gasteiger partial charge in [0.05, 0.1) is 26.6 Å². The highest BCUT2D eigenvalue weighted by Crippen LogP contribution is 2.26. The summed E-state index contributed by atoms with van der Waals surface area (Å²) in [7, 11) is 0. The predicted octanol–water partition coefficient (Wildman–Crippen LogP) is 4.80. The van der Waals surface area contributed by atoms with E-state index in [4.69, 9.17) is 23.2 Å². The van der Waals surface area contributed by atoms with Gasteiger partial charge in [-0.1, -0.05) is 54.0 Å². The molecular formula is C16H12Cl2N2OS. The van der Waals surface area contributed by atoms with Gasteiger partial charge in [-0.15, -0.1) is 0 Å². The highest BCUT2D eigenvalue weighted by atomic mass is 35.5. The predicted molar refractivity (Wildman–Crippen MR) is 93.8 cm³/mol. The molecule has 0 atom stereocenters. The van der Waals surface area contributed by atoms with Crippen molar-refractivity contribution in [1.82, 2.24) is 9.55 Å². The first-order valence-electron chi connectivity index (χ1n) is 6.72. The van der Waals surface area contributed by atoms with Crippen molar-refractivity contribution in [3.63, 3.8) is 0 Å². The van der Waals surface area contributed by atoms with E-state index in [1.165, 1.54) is 11.8 Å². The molecule has 0 spiro atoms. The first-order valence-corrected chi connectivity index (χ1v) is 8.46. The Morgan fingerprint density at radius 3 is 2.64 bits per heavy atom. The van der Waals surface area contributed by atoms with Gasteiger partial charge < -0.3 is 0 Å². The van der Waals surface area contributed by atoms with Crippen LogP contribution in [0.2, 0.25) is 10.0 Å². The highest BCUT2D eigenvalue weighted by molar-refractivity contribution is 7.99. The van der Waals surface area contributed by atoms with Gasteiger partial charge in [-0.25, -0.2) is 4.98 Å². The molecule has 0 radical (unpaired) electrons. The summed E-state index contributed by atoms with van der Waals surface area (Å²) in [5.41, 5.74) is 1.24. The van der Waals surface area contributed by atoms with E-state index in [0.717, 1.165) is 5.75 Å². The van der Waals surface area contributed by atoms with Crippen molar-refractivity contribution in [3.8, 4) is 5.69 Å². The van der Waals surface area contributed by atoms with E-state index in [-0.39, 0.29) is 5.56 Å². The Hall–Kier alpha value is -1.49.